The van der Waals surface area contributed by atoms with Gasteiger partial charge in [-0.05, 0) is 57.2 Å². The topological polar surface area (TPSA) is 46.3 Å². The summed E-state index contributed by atoms with van der Waals surface area (Å²) < 4.78 is 0. The van der Waals surface area contributed by atoms with Gasteiger partial charge >= 0.3 is 0 Å². The molecule has 2 heterocycles. The summed E-state index contributed by atoms with van der Waals surface area (Å²) in [6.07, 6.45) is 5.57. The second-order valence-corrected chi connectivity index (χ2v) is 7.49. The Morgan fingerprint density at radius 2 is 2.20 bits per heavy atom. The van der Waals surface area contributed by atoms with Crippen LogP contribution in [0.3, 0.4) is 0 Å². The third-order valence-electron chi connectivity index (χ3n) is 4.90. The van der Waals surface area contributed by atoms with Gasteiger partial charge < -0.3 is 10.6 Å². The predicted molar refractivity (Wildman–Crippen MR) is 82.6 cm³/mol. The first-order chi connectivity index (χ1) is 9.70. The molecule has 2 fully saturated rings. The van der Waals surface area contributed by atoms with E-state index in [0.717, 1.165) is 38.6 Å². The Morgan fingerprint density at radius 3 is 2.90 bits per heavy atom. The number of carbonyl (C=O) groups is 1. The summed E-state index contributed by atoms with van der Waals surface area (Å²) in [4.78, 5) is 17.7. The van der Waals surface area contributed by atoms with Crippen LogP contribution in [0.15, 0.2) is 12.1 Å². The number of likely N-dealkylation sites (tertiary alicyclic amines) is 1. The molecular weight excluding hydrogens is 268 g/mol. The van der Waals surface area contributed by atoms with Crippen LogP contribution in [0.1, 0.15) is 47.9 Å². The largest absolute Gasteiger partial charge is 0.335 e. The maximum atomic E-state index is 12.9. The Morgan fingerprint density at radius 1 is 1.35 bits per heavy atom. The molecule has 110 valence electrons. The summed E-state index contributed by atoms with van der Waals surface area (Å²) in [5, 5.41) is 0. The van der Waals surface area contributed by atoms with Crippen LogP contribution in [-0.2, 0) is 4.79 Å². The molecule has 1 unspecified atom stereocenters. The maximum Gasteiger partial charge on any atom is 0.226 e. The Labute approximate surface area is 125 Å². The molecule has 0 aromatic carbocycles. The molecule has 1 saturated carbocycles. The molecule has 1 aliphatic heterocycles. The van der Waals surface area contributed by atoms with Crippen molar-refractivity contribution in [3.05, 3.63) is 21.9 Å². The zero-order chi connectivity index (χ0) is 14.1. The van der Waals surface area contributed by atoms with Crippen molar-refractivity contribution in [2.45, 2.75) is 45.1 Å². The van der Waals surface area contributed by atoms with Crippen molar-refractivity contribution < 1.29 is 4.79 Å². The summed E-state index contributed by atoms with van der Waals surface area (Å²) in [6.45, 7) is 3.72. The number of nitrogens with two attached hydrogens (primary N) is 1. The molecule has 1 amide bonds. The van der Waals surface area contributed by atoms with Crippen molar-refractivity contribution in [3.63, 3.8) is 0 Å². The third kappa shape index (κ3) is 2.51. The highest BCUT2D eigenvalue weighted by Gasteiger charge is 2.39. The van der Waals surface area contributed by atoms with Crippen LogP contribution in [0, 0.1) is 18.8 Å². The second kappa shape index (κ2) is 5.86. The SMILES string of the molecule is Cc1ccc(C2CCCN2C(=O)[C@@H]2CCC[C@@H]2CN)s1. The Hall–Kier alpha value is -0.870. The summed E-state index contributed by atoms with van der Waals surface area (Å²) in [5.41, 5.74) is 5.84. The minimum absolute atomic E-state index is 0.182. The Kier molecular flexibility index (Phi) is 4.13. The van der Waals surface area contributed by atoms with Crippen LogP contribution in [0.5, 0.6) is 0 Å². The molecule has 0 bridgehead atoms. The van der Waals surface area contributed by atoms with Gasteiger partial charge in [-0.3, -0.25) is 4.79 Å². The van der Waals surface area contributed by atoms with Crippen molar-refractivity contribution in [1.82, 2.24) is 4.90 Å². The zero-order valence-electron chi connectivity index (χ0n) is 12.2. The van der Waals surface area contributed by atoms with E-state index in [0.29, 0.717) is 24.4 Å². The van der Waals surface area contributed by atoms with Gasteiger partial charge in [-0.25, -0.2) is 0 Å². The fraction of sp³-hybridized carbons (Fsp3) is 0.688. The number of amides is 1. The number of aryl methyl sites for hydroxylation is 1. The van der Waals surface area contributed by atoms with Gasteiger partial charge in [-0.1, -0.05) is 6.42 Å². The summed E-state index contributed by atoms with van der Waals surface area (Å²) in [5.74, 6) is 0.960. The number of thiophene rings is 1. The maximum absolute atomic E-state index is 12.9. The normalized spacial score (nSPS) is 30.1. The van der Waals surface area contributed by atoms with E-state index in [-0.39, 0.29) is 5.92 Å². The summed E-state index contributed by atoms with van der Waals surface area (Å²) in [6, 6.07) is 4.69. The molecule has 1 saturated heterocycles. The predicted octanol–water partition coefficient (Wildman–Crippen LogP) is 3.10. The fourth-order valence-electron chi connectivity index (χ4n) is 3.82. The molecule has 2 N–H and O–H groups in total. The van der Waals surface area contributed by atoms with E-state index >= 15 is 0 Å². The first-order valence-corrected chi connectivity index (χ1v) is 8.59. The molecule has 1 aliphatic carbocycles. The van der Waals surface area contributed by atoms with Crippen molar-refractivity contribution in [3.8, 4) is 0 Å². The van der Waals surface area contributed by atoms with E-state index in [1.54, 1.807) is 0 Å². The molecular formula is C16H24N2OS. The average Bonchev–Trinajstić information content (AvgIpc) is 3.17. The van der Waals surface area contributed by atoms with Crippen molar-refractivity contribution in [2.24, 2.45) is 17.6 Å². The summed E-state index contributed by atoms with van der Waals surface area (Å²) in [7, 11) is 0. The lowest BCUT2D eigenvalue weighted by atomic mass is 9.94. The second-order valence-electron chi connectivity index (χ2n) is 6.17. The van der Waals surface area contributed by atoms with Gasteiger partial charge in [0.15, 0.2) is 0 Å². The summed E-state index contributed by atoms with van der Waals surface area (Å²) >= 11 is 1.84. The number of nitrogens with zero attached hydrogens (tertiary/aromatic N) is 1. The van der Waals surface area contributed by atoms with E-state index in [9.17, 15) is 4.79 Å². The molecule has 20 heavy (non-hydrogen) atoms. The van der Waals surface area contributed by atoms with Gasteiger partial charge in [-0.15, -0.1) is 11.3 Å². The average molecular weight is 292 g/mol. The molecule has 0 spiro atoms. The van der Waals surface area contributed by atoms with Crippen LogP contribution >= 0.6 is 11.3 Å². The molecule has 0 radical (unpaired) electrons. The van der Waals surface area contributed by atoms with E-state index < -0.39 is 0 Å². The minimum atomic E-state index is 0.182. The molecule has 1 aromatic rings. The quantitative estimate of drug-likeness (QED) is 0.930. The molecule has 3 rings (SSSR count). The van der Waals surface area contributed by atoms with Crippen molar-refractivity contribution in [2.75, 3.05) is 13.1 Å². The highest BCUT2D eigenvalue weighted by molar-refractivity contribution is 7.12. The molecule has 1 aromatic heterocycles. The third-order valence-corrected chi connectivity index (χ3v) is 6.01. The monoisotopic (exact) mass is 292 g/mol. The van der Waals surface area contributed by atoms with E-state index in [2.05, 4.69) is 24.0 Å². The van der Waals surface area contributed by atoms with Gasteiger partial charge in [0.05, 0.1) is 6.04 Å². The van der Waals surface area contributed by atoms with Gasteiger partial charge in [0.2, 0.25) is 5.91 Å². The zero-order valence-corrected chi connectivity index (χ0v) is 13.0. The Bertz CT molecular complexity index is 485. The first-order valence-electron chi connectivity index (χ1n) is 7.77. The highest BCUT2D eigenvalue weighted by atomic mass is 32.1. The van der Waals surface area contributed by atoms with Crippen LogP contribution in [0.2, 0.25) is 0 Å². The lowest BCUT2D eigenvalue weighted by molar-refractivity contribution is -0.137. The standard InChI is InChI=1S/C16H24N2OS/c1-11-7-8-15(20-11)14-6-3-9-18(14)16(19)13-5-2-4-12(13)10-17/h7-8,12-14H,2-6,9-10,17H2,1H3/t12-,13-,14?/m1/s1. The van der Waals surface area contributed by atoms with Crippen LogP contribution in [0.25, 0.3) is 0 Å². The number of hydrogen-bond donors (Lipinski definition) is 1. The molecule has 2 aliphatic rings. The highest BCUT2D eigenvalue weighted by Crippen LogP contribution is 2.40. The number of carbonyl (C=O) groups excluding carboxylic acids is 1. The number of hydrogen-bond acceptors (Lipinski definition) is 3. The Balaban J connectivity index is 1.76. The van der Waals surface area contributed by atoms with Crippen LogP contribution in [-0.4, -0.2) is 23.9 Å². The van der Waals surface area contributed by atoms with Gasteiger partial charge in [-0.2, -0.15) is 0 Å². The van der Waals surface area contributed by atoms with E-state index in [4.69, 9.17) is 5.73 Å². The molecule has 4 heteroatoms. The van der Waals surface area contributed by atoms with Gasteiger partial charge in [0.25, 0.3) is 0 Å². The van der Waals surface area contributed by atoms with Crippen LogP contribution < -0.4 is 5.73 Å². The van der Waals surface area contributed by atoms with Crippen molar-refractivity contribution >= 4 is 17.2 Å². The minimum Gasteiger partial charge on any atom is -0.335 e. The number of rotatable bonds is 3. The van der Waals surface area contributed by atoms with Gasteiger partial charge in [0, 0.05) is 22.2 Å². The van der Waals surface area contributed by atoms with Crippen LogP contribution in [0.4, 0.5) is 0 Å². The van der Waals surface area contributed by atoms with E-state index in [1.165, 1.54) is 9.75 Å². The molecule has 3 atom stereocenters. The lowest BCUT2D eigenvalue weighted by Gasteiger charge is -2.29. The lowest BCUT2D eigenvalue weighted by Crippen LogP contribution is -2.38. The fourth-order valence-corrected chi connectivity index (χ4v) is 4.84. The first kappa shape index (κ1) is 14.1. The van der Waals surface area contributed by atoms with Crippen molar-refractivity contribution in [1.29, 1.82) is 0 Å². The smallest absolute Gasteiger partial charge is 0.226 e. The molecule has 3 nitrogen and oxygen atoms in total. The van der Waals surface area contributed by atoms with E-state index in [1.807, 2.05) is 11.3 Å². The van der Waals surface area contributed by atoms with Gasteiger partial charge in [0.1, 0.15) is 0 Å².